The van der Waals surface area contributed by atoms with Crippen molar-refractivity contribution in [1.29, 1.82) is 0 Å². The number of ether oxygens (including phenoxy) is 2. The highest BCUT2D eigenvalue weighted by Gasteiger charge is 2.16. The predicted molar refractivity (Wildman–Crippen MR) is 103 cm³/mol. The van der Waals surface area contributed by atoms with Crippen molar-refractivity contribution in [3.8, 4) is 5.75 Å². The summed E-state index contributed by atoms with van der Waals surface area (Å²) in [5, 5.41) is 1.05. The molecule has 0 unspecified atom stereocenters. The van der Waals surface area contributed by atoms with Crippen LogP contribution in [0.3, 0.4) is 0 Å². The molecule has 0 aliphatic rings. The largest absolute Gasteiger partial charge is 0.488 e. The molecule has 0 fully saturated rings. The normalized spacial score (nSPS) is 11.2. The van der Waals surface area contributed by atoms with Gasteiger partial charge in [-0.25, -0.2) is 4.79 Å². The van der Waals surface area contributed by atoms with E-state index < -0.39 is 5.97 Å². The van der Waals surface area contributed by atoms with E-state index in [9.17, 15) is 9.59 Å². The molecule has 0 saturated carbocycles. The van der Waals surface area contributed by atoms with E-state index in [0.717, 1.165) is 5.56 Å². The number of halogens is 2. The van der Waals surface area contributed by atoms with Crippen molar-refractivity contribution in [2.75, 3.05) is 6.61 Å². The highest BCUT2D eigenvalue weighted by atomic mass is 35.5. The summed E-state index contributed by atoms with van der Waals surface area (Å²) in [5.74, 6) is -0.517. The number of benzene rings is 2. The first-order chi connectivity index (χ1) is 12.4. The SMILES string of the molecule is CCOC(=O)C(=Cc1ccccc1OCc1ccc(Cl)cc1Cl)C(C)=O. The van der Waals surface area contributed by atoms with E-state index >= 15 is 0 Å². The van der Waals surface area contributed by atoms with Gasteiger partial charge in [-0.05, 0) is 38.1 Å². The van der Waals surface area contributed by atoms with Crippen LogP contribution in [0.1, 0.15) is 25.0 Å². The van der Waals surface area contributed by atoms with Crippen LogP contribution in [0.2, 0.25) is 10.0 Å². The van der Waals surface area contributed by atoms with Crippen molar-refractivity contribution in [1.82, 2.24) is 0 Å². The van der Waals surface area contributed by atoms with Gasteiger partial charge >= 0.3 is 5.97 Å². The molecule has 0 heterocycles. The van der Waals surface area contributed by atoms with Crippen LogP contribution < -0.4 is 4.74 Å². The zero-order valence-electron chi connectivity index (χ0n) is 14.4. The predicted octanol–water partition coefficient (Wildman–Crippen LogP) is 5.11. The average Bonchev–Trinajstić information content (AvgIpc) is 2.59. The fourth-order valence-electron chi connectivity index (χ4n) is 2.19. The van der Waals surface area contributed by atoms with E-state index in [1.165, 1.54) is 13.0 Å². The minimum atomic E-state index is -0.657. The van der Waals surface area contributed by atoms with Crippen molar-refractivity contribution < 1.29 is 19.1 Å². The van der Waals surface area contributed by atoms with Gasteiger partial charge in [0.25, 0.3) is 0 Å². The molecule has 0 amide bonds. The van der Waals surface area contributed by atoms with Crippen molar-refractivity contribution in [3.05, 3.63) is 69.2 Å². The highest BCUT2D eigenvalue weighted by molar-refractivity contribution is 6.35. The summed E-state index contributed by atoms with van der Waals surface area (Å²) in [6.45, 7) is 3.41. The molecular formula is C20H18Cl2O4. The van der Waals surface area contributed by atoms with Gasteiger partial charge in [0.15, 0.2) is 5.78 Å². The van der Waals surface area contributed by atoms with Gasteiger partial charge in [0.05, 0.1) is 6.61 Å². The molecule has 2 aromatic carbocycles. The van der Waals surface area contributed by atoms with Crippen molar-refractivity contribution in [3.63, 3.8) is 0 Å². The molecule has 2 aromatic rings. The summed E-state index contributed by atoms with van der Waals surface area (Å²) in [5.41, 5.74) is 1.33. The Morgan fingerprint density at radius 1 is 1.12 bits per heavy atom. The second-order valence-electron chi connectivity index (χ2n) is 5.40. The van der Waals surface area contributed by atoms with Crippen LogP contribution in [-0.2, 0) is 20.9 Å². The number of Topliss-reactive ketones (excluding diaryl/α,β-unsaturated/α-hetero) is 1. The van der Waals surface area contributed by atoms with Gasteiger partial charge in [-0.15, -0.1) is 0 Å². The number of para-hydroxylation sites is 1. The van der Waals surface area contributed by atoms with Crippen LogP contribution in [0.15, 0.2) is 48.0 Å². The molecule has 2 rings (SSSR count). The van der Waals surface area contributed by atoms with Crippen molar-refractivity contribution >= 4 is 41.0 Å². The summed E-state index contributed by atoms with van der Waals surface area (Å²) in [4.78, 5) is 23.8. The standard InChI is InChI=1S/C20H18Cl2O4/c1-3-25-20(24)17(13(2)23)10-14-6-4-5-7-19(14)26-12-15-8-9-16(21)11-18(15)22/h4-11H,3,12H2,1-2H3. The van der Waals surface area contributed by atoms with Crippen LogP contribution >= 0.6 is 23.2 Å². The first kappa shape index (κ1) is 20.0. The van der Waals surface area contributed by atoms with Gasteiger partial charge in [-0.2, -0.15) is 0 Å². The van der Waals surface area contributed by atoms with Crippen LogP contribution in [0, 0.1) is 0 Å². The van der Waals surface area contributed by atoms with Crippen LogP contribution in [-0.4, -0.2) is 18.4 Å². The van der Waals surface area contributed by atoms with E-state index in [2.05, 4.69) is 0 Å². The first-order valence-electron chi connectivity index (χ1n) is 7.98. The molecule has 0 atom stereocenters. The summed E-state index contributed by atoms with van der Waals surface area (Å²) in [6.07, 6.45) is 1.47. The zero-order valence-corrected chi connectivity index (χ0v) is 15.9. The third-order valence-corrected chi connectivity index (χ3v) is 4.08. The number of rotatable bonds is 7. The third-order valence-electron chi connectivity index (χ3n) is 3.49. The van der Waals surface area contributed by atoms with Gasteiger partial charge in [0.1, 0.15) is 17.9 Å². The second-order valence-corrected chi connectivity index (χ2v) is 6.24. The Morgan fingerprint density at radius 2 is 1.85 bits per heavy atom. The minimum absolute atomic E-state index is 0.0348. The number of esters is 1. The van der Waals surface area contributed by atoms with Crippen LogP contribution in [0.25, 0.3) is 6.08 Å². The topological polar surface area (TPSA) is 52.6 Å². The molecule has 0 aromatic heterocycles. The lowest BCUT2D eigenvalue weighted by atomic mass is 10.1. The van der Waals surface area contributed by atoms with E-state index in [1.54, 1.807) is 49.4 Å². The summed E-state index contributed by atoms with van der Waals surface area (Å²) >= 11 is 12.0. The fourth-order valence-corrected chi connectivity index (χ4v) is 2.66. The minimum Gasteiger partial charge on any atom is -0.488 e. The summed E-state index contributed by atoms with van der Waals surface area (Å²) in [7, 11) is 0. The van der Waals surface area contributed by atoms with Gasteiger partial charge in [-0.1, -0.05) is 47.5 Å². The average molecular weight is 393 g/mol. The molecular weight excluding hydrogens is 375 g/mol. The van der Waals surface area contributed by atoms with Gasteiger partial charge in [0, 0.05) is 21.2 Å². The molecule has 0 aliphatic heterocycles. The number of carbonyl (C=O) groups is 2. The lowest BCUT2D eigenvalue weighted by Gasteiger charge is -2.11. The smallest absolute Gasteiger partial charge is 0.341 e. The molecule has 0 spiro atoms. The zero-order chi connectivity index (χ0) is 19.1. The lowest BCUT2D eigenvalue weighted by Crippen LogP contribution is -2.13. The maximum atomic E-state index is 12.0. The van der Waals surface area contributed by atoms with Crippen molar-refractivity contribution in [2.45, 2.75) is 20.5 Å². The number of carbonyl (C=O) groups excluding carboxylic acids is 2. The second kappa shape index (κ2) is 9.41. The number of hydrogen-bond acceptors (Lipinski definition) is 4. The molecule has 26 heavy (non-hydrogen) atoms. The Kier molecular flexibility index (Phi) is 7.25. The van der Waals surface area contributed by atoms with Gasteiger partial charge in [-0.3, -0.25) is 4.79 Å². The molecule has 0 saturated heterocycles. The monoisotopic (exact) mass is 392 g/mol. The van der Waals surface area contributed by atoms with Crippen molar-refractivity contribution in [2.24, 2.45) is 0 Å². The Morgan fingerprint density at radius 3 is 2.50 bits per heavy atom. The summed E-state index contributed by atoms with van der Waals surface area (Å²) < 4.78 is 10.8. The van der Waals surface area contributed by atoms with E-state index in [0.29, 0.717) is 21.4 Å². The fraction of sp³-hybridized carbons (Fsp3) is 0.200. The third kappa shape index (κ3) is 5.35. The van der Waals surface area contributed by atoms with Gasteiger partial charge in [0.2, 0.25) is 0 Å². The lowest BCUT2D eigenvalue weighted by molar-refractivity contribution is -0.139. The molecule has 0 radical (unpaired) electrons. The van der Waals surface area contributed by atoms with Crippen LogP contribution in [0.5, 0.6) is 5.75 Å². The molecule has 0 aliphatic carbocycles. The van der Waals surface area contributed by atoms with E-state index in [4.69, 9.17) is 32.7 Å². The van der Waals surface area contributed by atoms with E-state index in [1.807, 2.05) is 0 Å². The highest BCUT2D eigenvalue weighted by Crippen LogP contribution is 2.26. The maximum Gasteiger partial charge on any atom is 0.341 e. The molecule has 136 valence electrons. The Bertz CT molecular complexity index is 843. The molecule has 6 heteroatoms. The van der Waals surface area contributed by atoms with E-state index in [-0.39, 0.29) is 24.6 Å². The molecule has 0 N–H and O–H groups in total. The first-order valence-corrected chi connectivity index (χ1v) is 8.73. The Labute approximate surface area is 162 Å². The number of hydrogen-bond donors (Lipinski definition) is 0. The summed E-state index contributed by atoms with van der Waals surface area (Å²) in [6, 6.07) is 12.2. The van der Waals surface area contributed by atoms with Gasteiger partial charge < -0.3 is 9.47 Å². The maximum absolute atomic E-state index is 12.0. The quantitative estimate of drug-likeness (QED) is 0.284. The number of ketones is 1. The Hall–Kier alpha value is -2.30. The molecule has 4 nitrogen and oxygen atoms in total. The Balaban J connectivity index is 2.27. The van der Waals surface area contributed by atoms with Crippen LogP contribution in [0.4, 0.5) is 0 Å². The molecule has 0 bridgehead atoms.